The number of cyclic esters (lactones) is 1. The number of hydrogen-bond acceptors (Lipinski definition) is 7. The van der Waals surface area contributed by atoms with Crippen LogP contribution in [0.5, 0.6) is 11.5 Å². The molecule has 3 aromatic rings. The summed E-state index contributed by atoms with van der Waals surface area (Å²) in [4.78, 5) is 17.0. The second-order valence-electron chi connectivity index (χ2n) is 6.10. The van der Waals surface area contributed by atoms with Gasteiger partial charge in [0.25, 0.3) is 0 Å². The number of thiazole rings is 1. The maximum absolute atomic E-state index is 12.4. The zero-order chi connectivity index (χ0) is 19.0. The summed E-state index contributed by atoms with van der Waals surface area (Å²) in [6.45, 7) is 2.05. The quantitative estimate of drug-likeness (QED) is 0.659. The number of esters is 1. The minimum Gasteiger partial charge on any atom is -0.493 e. The van der Waals surface area contributed by atoms with Gasteiger partial charge in [0.1, 0.15) is 5.56 Å². The van der Waals surface area contributed by atoms with Crippen molar-refractivity contribution in [2.45, 2.75) is 13.2 Å². The monoisotopic (exact) mass is 382 g/mol. The van der Waals surface area contributed by atoms with Crippen LogP contribution in [0.2, 0.25) is 0 Å². The van der Waals surface area contributed by atoms with Crippen LogP contribution in [0, 0.1) is 6.92 Å². The standard InChI is InChI=1S/C20H18N2O4S/c1-11-4-6-12(7-5-11)14-10-27-20(21-14)22-18-13-8-9-15(24-2)17(25-3)16(13)19(23)26-18/h4-10,18H,1-3H3,(H,21,22)/t18-/m0/s1. The lowest BCUT2D eigenvalue weighted by molar-refractivity contribution is 0.0435. The van der Waals surface area contributed by atoms with E-state index in [1.165, 1.54) is 31.1 Å². The van der Waals surface area contributed by atoms with Crippen LogP contribution in [-0.2, 0) is 4.74 Å². The molecule has 1 aromatic heterocycles. The largest absolute Gasteiger partial charge is 0.493 e. The average Bonchev–Trinajstić information content (AvgIpc) is 3.27. The molecule has 2 heterocycles. The first-order valence-electron chi connectivity index (χ1n) is 8.35. The number of aromatic nitrogens is 1. The first-order valence-corrected chi connectivity index (χ1v) is 9.23. The first kappa shape index (κ1) is 17.4. The number of ether oxygens (including phenoxy) is 3. The second kappa shape index (κ2) is 6.92. The van der Waals surface area contributed by atoms with Crippen molar-refractivity contribution >= 4 is 22.4 Å². The topological polar surface area (TPSA) is 69.7 Å². The zero-order valence-corrected chi connectivity index (χ0v) is 15.9. The van der Waals surface area contributed by atoms with Gasteiger partial charge in [-0.2, -0.15) is 0 Å². The highest BCUT2D eigenvalue weighted by Crippen LogP contribution is 2.42. The van der Waals surface area contributed by atoms with Gasteiger partial charge < -0.3 is 19.5 Å². The minimum atomic E-state index is -0.621. The number of carbonyl (C=O) groups excluding carboxylic acids is 1. The summed E-state index contributed by atoms with van der Waals surface area (Å²) >= 11 is 1.46. The summed E-state index contributed by atoms with van der Waals surface area (Å²) in [5.41, 5.74) is 4.19. The molecule has 27 heavy (non-hydrogen) atoms. The molecule has 0 amide bonds. The third-order valence-electron chi connectivity index (χ3n) is 4.40. The lowest BCUT2D eigenvalue weighted by Gasteiger charge is -2.13. The smallest absolute Gasteiger partial charge is 0.344 e. The Morgan fingerprint density at radius 3 is 2.59 bits per heavy atom. The molecular formula is C20H18N2O4S. The Morgan fingerprint density at radius 2 is 1.89 bits per heavy atom. The molecule has 6 nitrogen and oxygen atoms in total. The van der Waals surface area contributed by atoms with Gasteiger partial charge in [0.05, 0.1) is 19.9 Å². The summed E-state index contributed by atoms with van der Waals surface area (Å²) in [7, 11) is 3.03. The molecule has 0 spiro atoms. The number of rotatable bonds is 5. The molecule has 2 aromatic carbocycles. The van der Waals surface area contributed by atoms with Gasteiger partial charge in [-0.25, -0.2) is 9.78 Å². The van der Waals surface area contributed by atoms with Crippen LogP contribution in [0.4, 0.5) is 5.13 Å². The normalized spacial score (nSPS) is 15.2. The van der Waals surface area contributed by atoms with Crippen LogP contribution in [0.15, 0.2) is 41.8 Å². The molecule has 7 heteroatoms. The summed E-state index contributed by atoms with van der Waals surface area (Å²) in [5.74, 6) is 0.419. The van der Waals surface area contributed by atoms with Crippen molar-refractivity contribution in [3.63, 3.8) is 0 Å². The predicted octanol–water partition coefficient (Wildman–Crippen LogP) is 4.42. The molecule has 1 atom stereocenters. The fourth-order valence-corrected chi connectivity index (χ4v) is 3.76. The van der Waals surface area contributed by atoms with Gasteiger partial charge in [0.2, 0.25) is 6.23 Å². The Kier molecular flexibility index (Phi) is 4.45. The molecule has 138 valence electrons. The molecule has 0 saturated carbocycles. The van der Waals surface area contributed by atoms with Crippen molar-refractivity contribution in [1.82, 2.24) is 4.98 Å². The van der Waals surface area contributed by atoms with Crippen LogP contribution in [0.1, 0.15) is 27.7 Å². The molecular weight excluding hydrogens is 364 g/mol. The van der Waals surface area contributed by atoms with Gasteiger partial charge in [-0.05, 0) is 19.1 Å². The number of fused-ring (bicyclic) bond motifs is 1. The van der Waals surface area contributed by atoms with E-state index in [1.807, 2.05) is 24.4 Å². The van der Waals surface area contributed by atoms with Crippen molar-refractivity contribution in [1.29, 1.82) is 0 Å². The number of nitrogens with zero attached hydrogens (tertiary/aromatic N) is 1. The number of nitrogens with one attached hydrogen (secondary N) is 1. The van der Waals surface area contributed by atoms with Crippen molar-refractivity contribution in [3.05, 3.63) is 58.5 Å². The molecule has 1 aliphatic rings. The fourth-order valence-electron chi connectivity index (χ4n) is 3.02. The van der Waals surface area contributed by atoms with E-state index in [0.29, 0.717) is 27.8 Å². The summed E-state index contributed by atoms with van der Waals surface area (Å²) in [5, 5.41) is 5.83. The van der Waals surface area contributed by atoms with Crippen LogP contribution in [-0.4, -0.2) is 25.2 Å². The fraction of sp³-hybridized carbons (Fsp3) is 0.200. The molecule has 0 saturated heterocycles. The maximum atomic E-state index is 12.4. The van der Waals surface area contributed by atoms with Crippen molar-refractivity contribution in [2.75, 3.05) is 19.5 Å². The van der Waals surface area contributed by atoms with E-state index >= 15 is 0 Å². The van der Waals surface area contributed by atoms with Crippen LogP contribution >= 0.6 is 11.3 Å². The van der Waals surface area contributed by atoms with Gasteiger partial charge in [-0.15, -0.1) is 11.3 Å². The summed E-state index contributed by atoms with van der Waals surface area (Å²) < 4.78 is 16.1. The Bertz CT molecular complexity index is 998. The van der Waals surface area contributed by atoms with E-state index in [4.69, 9.17) is 14.2 Å². The Balaban J connectivity index is 1.61. The van der Waals surface area contributed by atoms with Gasteiger partial charge >= 0.3 is 5.97 Å². The highest BCUT2D eigenvalue weighted by atomic mass is 32.1. The van der Waals surface area contributed by atoms with E-state index in [2.05, 4.69) is 22.4 Å². The molecule has 0 unspecified atom stereocenters. The Labute approximate surface area is 160 Å². The third-order valence-corrected chi connectivity index (χ3v) is 5.17. The van der Waals surface area contributed by atoms with E-state index in [1.54, 1.807) is 12.1 Å². The molecule has 0 fully saturated rings. The number of methoxy groups -OCH3 is 2. The van der Waals surface area contributed by atoms with Gasteiger partial charge in [0, 0.05) is 16.5 Å². The van der Waals surface area contributed by atoms with E-state index < -0.39 is 12.2 Å². The zero-order valence-electron chi connectivity index (χ0n) is 15.1. The molecule has 1 N–H and O–H groups in total. The average molecular weight is 382 g/mol. The molecule has 4 rings (SSSR count). The summed E-state index contributed by atoms with van der Waals surface area (Å²) in [6, 6.07) is 11.7. The third kappa shape index (κ3) is 3.10. The number of hydrogen-bond donors (Lipinski definition) is 1. The Hall–Kier alpha value is -3.06. The van der Waals surface area contributed by atoms with Crippen molar-refractivity contribution in [2.24, 2.45) is 0 Å². The van der Waals surface area contributed by atoms with E-state index in [0.717, 1.165) is 11.3 Å². The van der Waals surface area contributed by atoms with E-state index in [-0.39, 0.29) is 0 Å². The summed E-state index contributed by atoms with van der Waals surface area (Å²) in [6.07, 6.45) is -0.621. The van der Waals surface area contributed by atoms with Crippen molar-refractivity contribution < 1.29 is 19.0 Å². The van der Waals surface area contributed by atoms with Crippen molar-refractivity contribution in [3.8, 4) is 22.8 Å². The highest BCUT2D eigenvalue weighted by molar-refractivity contribution is 7.14. The maximum Gasteiger partial charge on any atom is 0.344 e. The van der Waals surface area contributed by atoms with Gasteiger partial charge in [-0.1, -0.05) is 29.8 Å². The van der Waals surface area contributed by atoms with Crippen LogP contribution in [0.3, 0.4) is 0 Å². The highest BCUT2D eigenvalue weighted by Gasteiger charge is 2.36. The minimum absolute atomic E-state index is 0.379. The number of aryl methyl sites for hydroxylation is 1. The lowest BCUT2D eigenvalue weighted by atomic mass is 10.1. The van der Waals surface area contributed by atoms with Crippen LogP contribution < -0.4 is 14.8 Å². The number of anilines is 1. The SMILES string of the molecule is COc1ccc2c(c1OC)C(=O)O[C@@H]2Nc1nc(-c2ccc(C)cc2)cs1. The number of benzene rings is 2. The van der Waals surface area contributed by atoms with Gasteiger partial charge in [0.15, 0.2) is 16.6 Å². The molecule has 0 aliphatic carbocycles. The Morgan fingerprint density at radius 1 is 1.11 bits per heavy atom. The predicted molar refractivity (Wildman–Crippen MR) is 104 cm³/mol. The molecule has 1 aliphatic heterocycles. The molecule has 0 bridgehead atoms. The van der Waals surface area contributed by atoms with Gasteiger partial charge in [-0.3, -0.25) is 0 Å². The second-order valence-corrected chi connectivity index (χ2v) is 6.96. The molecule has 0 radical (unpaired) electrons. The first-order chi connectivity index (χ1) is 13.1. The lowest BCUT2D eigenvalue weighted by Crippen LogP contribution is -2.10. The van der Waals surface area contributed by atoms with E-state index in [9.17, 15) is 4.79 Å². The number of carbonyl (C=O) groups is 1. The van der Waals surface area contributed by atoms with Crippen LogP contribution in [0.25, 0.3) is 11.3 Å².